The molecule has 6 heteroatoms. The van der Waals surface area contributed by atoms with Crippen molar-refractivity contribution >= 4 is 65.6 Å². The lowest BCUT2D eigenvalue weighted by molar-refractivity contribution is 0.669. The van der Waals surface area contributed by atoms with Gasteiger partial charge in [0.25, 0.3) is 0 Å². The zero-order valence-corrected chi connectivity index (χ0v) is 33.9. The average Bonchev–Trinajstić information content (AvgIpc) is 4.00. The van der Waals surface area contributed by atoms with Gasteiger partial charge in [-0.3, -0.25) is 4.57 Å². The Morgan fingerprint density at radius 1 is 0.302 bits per heavy atom. The number of hydrogen-bond donors (Lipinski definition) is 0. The lowest BCUT2D eigenvalue weighted by atomic mass is 9.98. The topological polar surface area (TPSA) is 61.7 Å². The molecule has 0 unspecified atom stereocenters. The van der Waals surface area contributed by atoms with E-state index < -0.39 is 0 Å². The standard InChI is InChI=1S/C57H35N5O/c1-4-16-36(17-5-1)39-28-30-41(37-18-6-2-7-19-37)50(32-39)61-48-25-13-10-22-42(48)46-34-47-43-23-11-14-26-49(43)62(52(47)35-51(46)61)57-59-55(38-20-8-3-9-21-38)58-56(60-57)40-29-31-45-44-24-12-15-27-53(44)63-54(45)33-40/h1-35H. The third-order valence-corrected chi connectivity index (χ3v) is 12.4. The van der Waals surface area contributed by atoms with Gasteiger partial charge in [-0.15, -0.1) is 0 Å². The van der Waals surface area contributed by atoms with Gasteiger partial charge in [0.1, 0.15) is 11.2 Å². The zero-order valence-electron chi connectivity index (χ0n) is 33.9. The van der Waals surface area contributed by atoms with Gasteiger partial charge in [0.05, 0.1) is 27.8 Å². The zero-order chi connectivity index (χ0) is 41.4. The molecule has 0 N–H and O–H groups in total. The molecule has 6 nitrogen and oxygen atoms in total. The maximum Gasteiger partial charge on any atom is 0.238 e. The fourth-order valence-corrected chi connectivity index (χ4v) is 9.47. The van der Waals surface area contributed by atoms with E-state index in [0.29, 0.717) is 17.6 Å². The summed E-state index contributed by atoms with van der Waals surface area (Å²) >= 11 is 0. The van der Waals surface area contributed by atoms with Crippen LogP contribution in [0.25, 0.3) is 122 Å². The van der Waals surface area contributed by atoms with Gasteiger partial charge in [-0.05, 0) is 65.2 Å². The molecule has 13 rings (SSSR count). The van der Waals surface area contributed by atoms with Crippen molar-refractivity contribution in [3.8, 4) is 56.7 Å². The first-order valence-electron chi connectivity index (χ1n) is 21.2. The highest BCUT2D eigenvalue weighted by atomic mass is 16.3. The lowest BCUT2D eigenvalue weighted by Crippen LogP contribution is -2.06. The maximum atomic E-state index is 6.35. The first-order valence-corrected chi connectivity index (χ1v) is 21.2. The van der Waals surface area contributed by atoms with Crippen LogP contribution < -0.4 is 0 Å². The highest BCUT2D eigenvalue weighted by Crippen LogP contribution is 2.42. The molecule has 0 saturated heterocycles. The molecule has 0 aliphatic heterocycles. The van der Waals surface area contributed by atoms with Gasteiger partial charge >= 0.3 is 0 Å². The van der Waals surface area contributed by atoms with Crippen LogP contribution >= 0.6 is 0 Å². The second-order valence-electron chi connectivity index (χ2n) is 16.0. The number of fused-ring (bicyclic) bond motifs is 9. The monoisotopic (exact) mass is 805 g/mol. The highest BCUT2D eigenvalue weighted by molar-refractivity contribution is 6.19. The van der Waals surface area contributed by atoms with Gasteiger partial charge in [-0.1, -0.05) is 164 Å². The molecule has 294 valence electrons. The summed E-state index contributed by atoms with van der Waals surface area (Å²) in [6.07, 6.45) is 0. The summed E-state index contributed by atoms with van der Waals surface area (Å²) in [5.41, 5.74) is 13.3. The van der Waals surface area contributed by atoms with E-state index in [-0.39, 0.29) is 0 Å². The molecule has 0 fully saturated rings. The molecule has 0 spiro atoms. The lowest BCUT2D eigenvalue weighted by Gasteiger charge is -2.16. The van der Waals surface area contributed by atoms with E-state index >= 15 is 0 Å². The fraction of sp³-hybridized carbons (Fsp3) is 0. The number of rotatable bonds is 6. The van der Waals surface area contributed by atoms with Crippen molar-refractivity contribution in [1.82, 2.24) is 24.1 Å². The molecule has 0 aliphatic rings. The minimum absolute atomic E-state index is 0.535. The van der Waals surface area contributed by atoms with E-state index in [1.165, 1.54) is 16.3 Å². The van der Waals surface area contributed by atoms with E-state index in [2.05, 4.69) is 167 Å². The summed E-state index contributed by atoms with van der Waals surface area (Å²) in [5, 5.41) is 6.73. The van der Waals surface area contributed by atoms with Gasteiger partial charge in [0.15, 0.2) is 11.6 Å². The van der Waals surface area contributed by atoms with Crippen LogP contribution in [0.15, 0.2) is 217 Å². The summed E-state index contributed by atoms with van der Waals surface area (Å²) in [6.45, 7) is 0. The Morgan fingerprint density at radius 3 is 1.56 bits per heavy atom. The van der Waals surface area contributed by atoms with Crippen LogP contribution in [0.2, 0.25) is 0 Å². The number of hydrogen-bond acceptors (Lipinski definition) is 4. The Hall–Kier alpha value is -8.61. The molecule has 4 heterocycles. The second-order valence-corrected chi connectivity index (χ2v) is 16.0. The largest absolute Gasteiger partial charge is 0.456 e. The Morgan fingerprint density at radius 2 is 0.841 bits per heavy atom. The van der Waals surface area contributed by atoms with Crippen LogP contribution in [-0.4, -0.2) is 24.1 Å². The first kappa shape index (κ1) is 35.2. The Labute approximate surface area is 361 Å². The molecule has 0 radical (unpaired) electrons. The molecule has 0 atom stereocenters. The van der Waals surface area contributed by atoms with Crippen LogP contribution in [0.3, 0.4) is 0 Å². The number of para-hydroxylation sites is 3. The Balaban J connectivity index is 1.11. The average molecular weight is 806 g/mol. The maximum absolute atomic E-state index is 6.35. The van der Waals surface area contributed by atoms with Crippen LogP contribution in [-0.2, 0) is 0 Å². The third-order valence-electron chi connectivity index (χ3n) is 12.4. The van der Waals surface area contributed by atoms with Crippen molar-refractivity contribution < 1.29 is 4.42 Å². The minimum Gasteiger partial charge on any atom is -0.456 e. The Bertz CT molecular complexity index is 3900. The van der Waals surface area contributed by atoms with Gasteiger partial charge in [-0.2, -0.15) is 9.97 Å². The minimum atomic E-state index is 0.535. The van der Waals surface area contributed by atoms with Gasteiger partial charge in [-0.25, -0.2) is 4.98 Å². The molecule has 4 aromatic heterocycles. The van der Waals surface area contributed by atoms with Crippen molar-refractivity contribution in [3.63, 3.8) is 0 Å². The second kappa shape index (κ2) is 14.0. The van der Waals surface area contributed by atoms with Crippen molar-refractivity contribution in [3.05, 3.63) is 212 Å². The summed E-state index contributed by atoms with van der Waals surface area (Å²) in [7, 11) is 0. The van der Waals surface area contributed by atoms with Gasteiger partial charge < -0.3 is 8.98 Å². The predicted molar refractivity (Wildman–Crippen MR) is 258 cm³/mol. The van der Waals surface area contributed by atoms with E-state index in [1.807, 2.05) is 54.6 Å². The number of nitrogens with zero attached hydrogens (tertiary/aromatic N) is 5. The van der Waals surface area contributed by atoms with Crippen LogP contribution in [0.5, 0.6) is 0 Å². The molecule has 9 aromatic carbocycles. The molecule has 0 amide bonds. The van der Waals surface area contributed by atoms with E-state index in [4.69, 9.17) is 19.4 Å². The number of aromatic nitrogens is 5. The quantitative estimate of drug-likeness (QED) is 0.168. The molecule has 0 bridgehead atoms. The van der Waals surface area contributed by atoms with Crippen molar-refractivity contribution in [2.75, 3.05) is 0 Å². The SMILES string of the molecule is c1ccc(-c2ccc(-c3ccccc3)c(-n3c4ccccc4c4cc5c6ccccc6n(-c6nc(-c7ccccc7)nc(-c7ccc8c(c7)oc7ccccc78)n6)c5cc43)c2)cc1. The summed E-state index contributed by atoms with van der Waals surface area (Å²) in [4.78, 5) is 15.7. The third kappa shape index (κ3) is 5.62. The normalized spacial score (nSPS) is 11.8. The molecule has 63 heavy (non-hydrogen) atoms. The molecular formula is C57H35N5O. The molecule has 0 aliphatic carbocycles. The van der Waals surface area contributed by atoms with Crippen LogP contribution in [0, 0.1) is 0 Å². The Kier molecular flexibility index (Phi) is 7.80. The van der Waals surface area contributed by atoms with Gasteiger partial charge in [0, 0.05) is 49.0 Å². The smallest absolute Gasteiger partial charge is 0.238 e. The van der Waals surface area contributed by atoms with Crippen molar-refractivity contribution in [2.45, 2.75) is 0 Å². The highest BCUT2D eigenvalue weighted by Gasteiger charge is 2.23. The van der Waals surface area contributed by atoms with Crippen molar-refractivity contribution in [2.24, 2.45) is 0 Å². The summed E-state index contributed by atoms with van der Waals surface area (Å²) in [6, 6.07) is 74.7. The molecular weight excluding hydrogens is 771 g/mol. The van der Waals surface area contributed by atoms with E-state index in [9.17, 15) is 0 Å². The van der Waals surface area contributed by atoms with E-state index in [0.717, 1.165) is 88.3 Å². The van der Waals surface area contributed by atoms with Crippen molar-refractivity contribution in [1.29, 1.82) is 0 Å². The predicted octanol–water partition coefficient (Wildman–Crippen LogP) is 14.6. The van der Waals surface area contributed by atoms with Crippen LogP contribution in [0.4, 0.5) is 0 Å². The van der Waals surface area contributed by atoms with Gasteiger partial charge in [0.2, 0.25) is 5.95 Å². The number of benzene rings is 9. The number of furan rings is 1. The molecule has 0 saturated carbocycles. The summed E-state index contributed by atoms with van der Waals surface area (Å²) < 4.78 is 11.0. The van der Waals surface area contributed by atoms with Crippen LogP contribution in [0.1, 0.15) is 0 Å². The fourth-order valence-electron chi connectivity index (χ4n) is 9.47. The van der Waals surface area contributed by atoms with E-state index in [1.54, 1.807) is 0 Å². The summed E-state index contributed by atoms with van der Waals surface area (Å²) in [5.74, 6) is 1.69. The molecule has 13 aromatic rings. The first-order chi connectivity index (χ1) is 31.2.